The number of halogens is 1. The predicted octanol–water partition coefficient (Wildman–Crippen LogP) is 2.35. The third-order valence-electron chi connectivity index (χ3n) is 2.22. The van der Waals surface area contributed by atoms with Crippen molar-refractivity contribution >= 4 is 5.69 Å². The monoisotopic (exact) mass is 227 g/mol. The van der Waals surface area contributed by atoms with Gasteiger partial charge in [-0.3, -0.25) is 0 Å². The fourth-order valence-electron chi connectivity index (χ4n) is 1.29. The molecule has 1 rings (SSSR count). The van der Waals surface area contributed by atoms with Crippen LogP contribution < -0.4 is 5.73 Å². The van der Waals surface area contributed by atoms with Crippen molar-refractivity contribution in [3.63, 3.8) is 0 Å². The lowest BCUT2D eigenvalue weighted by Gasteiger charge is -2.14. The summed E-state index contributed by atoms with van der Waals surface area (Å²) in [5.74, 6) is -0.330. The van der Waals surface area contributed by atoms with Gasteiger partial charge in [-0.1, -0.05) is 6.07 Å². The largest absolute Gasteiger partial charge is 0.398 e. The second-order valence-electron chi connectivity index (χ2n) is 3.59. The zero-order valence-electron chi connectivity index (χ0n) is 9.70. The molecule has 0 amide bonds. The van der Waals surface area contributed by atoms with Crippen LogP contribution in [0.15, 0.2) is 18.2 Å². The summed E-state index contributed by atoms with van der Waals surface area (Å²) in [7, 11) is 0. The van der Waals surface area contributed by atoms with Crippen LogP contribution in [0.1, 0.15) is 19.4 Å². The van der Waals surface area contributed by atoms with Gasteiger partial charge < -0.3 is 15.2 Å². The number of anilines is 1. The van der Waals surface area contributed by atoms with Crippen molar-refractivity contribution in [2.75, 3.05) is 18.9 Å². The summed E-state index contributed by atoms with van der Waals surface area (Å²) >= 11 is 0. The first kappa shape index (κ1) is 12.9. The van der Waals surface area contributed by atoms with Crippen LogP contribution in [0.25, 0.3) is 0 Å². The van der Waals surface area contributed by atoms with Gasteiger partial charge in [-0.05, 0) is 26.0 Å². The van der Waals surface area contributed by atoms with E-state index in [1.807, 2.05) is 13.8 Å². The molecule has 16 heavy (non-hydrogen) atoms. The molecule has 0 aliphatic heterocycles. The quantitative estimate of drug-likeness (QED) is 0.759. The third kappa shape index (κ3) is 3.79. The molecule has 1 unspecified atom stereocenters. The Morgan fingerprint density at radius 2 is 2.19 bits per heavy atom. The lowest BCUT2D eigenvalue weighted by Crippen LogP contribution is -2.16. The van der Waals surface area contributed by atoms with Gasteiger partial charge in [-0.25, -0.2) is 4.39 Å². The van der Waals surface area contributed by atoms with Gasteiger partial charge in [0.25, 0.3) is 0 Å². The van der Waals surface area contributed by atoms with Crippen molar-refractivity contribution in [2.45, 2.75) is 26.6 Å². The Labute approximate surface area is 95.4 Å². The zero-order valence-corrected chi connectivity index (χ0v) is 9.70. The highest BCUT2D eigenvalue weighted by Gasteiger charge is 2.08. The number of ether oxygens (including phenoxy) is 2. The average molecular weight is 227 g/mol. The fourth-order valence-corrected chi connectivity index (χ4v) is 1.29. The Morgan fingerprint density at radius 3 is 2.81 bits per heavy atom. The number of rotatable bonds is 6. The van der Waals surface area contributed by atoms with E-state index in [1.54, 1.807) is 12.1 Å². The second kappa shape index (κ2) is 6.45. The standard InChI is InChI=1S/C12H18FNO2/c1-3-15-7-9(2)16-8-10-11(13)5-4-6-12(10)14/h4-6,9H,3,7-8,14H2,1-2H3. The molecule has 0 saturated heterocycles. The van der Waals surface area contributed by atoms with Crippen molar-refractivity contribution in [1.82, 2.24) is 0 Å². The summed E-state index contributed by atoms with van der Waals surface area (Å²) < 4.78 is 24.0. The van der Waals surface area contributed by atoms with E-state index in [1.165, 1.54) is 6.07 Å². The number of nitrogen functional groups attached to an aromatic ring is 1. The third-order valence-corrected chi connectivity index (χ3v) is 2.22. The Bertz CT molecular complexity index is 311. The molecule has 0 radical (unpaired) electrons. The van der Waals surface area contributed by atoms with Crippen LogP contribution in [0, 0.1) is 5.82 Å². The highest BCUT2D eigenvalue weighted by Crippen LogP contribution is 2.17. The first-order valence-corrected chi connectivity index (χ1v) is 5.37. The van der Waals surface area contributed by atoms with Crippen LogP contribution in [-0.2, 0) is 16.1 Å². The van der Waals surface area contributed by atoms with Gasteiger partial charge in [0.15, 0.2) is 0 Å². The molecule has 1 aromatic carbocycles. The van der Waals surface area contributed by atoms with E-state index < -0.39 is 0 Å². The molecule has 0 bridgehead atoms. The molecule has 0 aliphatic carbocycles. The Morgan fingerprint density at radius 1 is 1.44 bits per heavy atom. The summed E-state index contributed by atoms with van der Waals surface area (Å²) in [5.41, 5.74) is 6.48. The Balaban J connectivity index is 2.48. The van der Waals surface area contributed by atoms with Crippen LogP contribution >= 0.6 is 0 Å². The van der Waals surface area contributed by atoms with Crippen LogP contribution in [0.4, 0.5) is 10.1 Å². The van der Waals surface area contributed by atoms with Gasteiger partial charge in [-0.2, -0.15) is 0 Å². The van der Waals surface area contributed by atoms with Gasteiger partial charge in [0, 0.05) is 17.9 Å². The second-order valence-corrected chi connectivity index (χ2v) is 3.59. The van der Waals surface area contributed by atoms with E-state index in [0.717, 1.165) is 0 Å². The lowest BCUT2D eigenvalue weighted by atomic mass is 10.2. The zero-order chi connectivity index (χ0) is 12.0. The van der Waals surface area contributed by atoms with Crippen LogP contribution in [-0.4, -0.2) is 19.3 Å². The Kier molecular flexibility index (Phi) is 5.22. The number of hydrogen-bond acceptors (Lipinski definition) is 3. The molecule has 0 saturated carbocycles. The number of nitrogens with two attached hydrogens (primary N) is 1. The molecule has 90 valence electrons. The van der Waals surface area contributed by atoms with Crippen molar-refractivity contribution in [3.05, 3.63) is 29.6 Å². The fraction of sp³-hybridized carbons (Fsp3) is 0.500. The Hall–Kier alpha value is -1.13. The lowest BCUT2D eigenvalue weighted by molar-refractivity contribution is -0.0123. The van der Waals surface area contributed by atoms with Crippen molar-refractivity contribution in [3.8, 4) is 0 Å². The molecule has 0 aromatic heterocycles. The maximum atomic E-state index is 13.4. The number of benzene rings is 1. The smallest absolute Gasteiger partial charge is 0.130 e. The minimum Gasteiger partial charge on any atom is -0.398 e. The van der Waals surface area contributed by atoms with Crippen LogP contribution in [0.3, 0.4) is 0 Å². The molecule has 0 aliphatic rings. The van der Waals surface area contributed by atoms with E-state index in [4.69, 9.17) is 15.2 Å². The summed E-state index contributed by atoms with van der Waals surface area (Å²) in [4.78, 5) is 0. The van der Waals surface area contributed by atoms with Crippen molar-refractivity contribution in [1.29, 1.82) is 0 Å². The molecule has 4 heteroatoms. The maximum Gasteiger partial charge on any atom is 0.130 e. The SMILES string of the molecule is CCOCC(C)OCc1c(N)cccc1F. The van der Waals surface area contributed by atoms with Gasteiger partial charge in [-0.15, -0.1) is 0 Å². The summed E-state index contributed by atoms with van der Waals surface area (Å²) in [6.45, 7) is 5.13. The molecule has 1 atom stereocenters. The maximum absolute atomic E-state index is 13.4. The van der Waals surface area contributed by atoms with Crippen molar-refractivity contribution in [2.24, 2.45) is 0 Å². The highest BCUT2D eigenvalue weighted by atomic mass is 19.1. The van der Waals surface area contributed by atoms with Gasteiger partial charge >= 0.3 is 0 Å². The first-order chi connectivity index (χ1) is 7.65. The minimum absolute atomic E-state index is 0.0704. The summed E-state index contributed by atoms with van der Waals surface area (Å²) in [5, 5.41) is 0. The minimum atomic E-state index is -0.330. The molecule has 3 nitrogen and oxygen atoms in total. The van der Waals surface area contributed by atoms with Gasteiger partial charge in [0.2, 0.25) is 0 Å². The molecular formula is C12H18FNO2. The molecule has 1 aromatic rings. The van der Waals surface area contributed by atoms with Crippen molar-refractivity contribution < 1.29 is 13.9 Å². The van der Waals surface area contributed by atoms with E-state index in [0.29, 0.717) is 24.5 Å². The first-order valence-electron chi connectivity index (χ1n) is 5.37. The van der Waals surface area contributed by atoms with E-state index in [2.05, 4.69) is 0 Å². The summed E-state index contributed by atoms with van der Waals surface area (Å²) in [6.07, 6.45) is -0.0704. The van der Waals surface area contributed by atoms with E-state index in [-0.39, 0.29) is 18.5 Å². The normalized spacial score (nSPS) is 12.7. The van der Waals surface area contributed by atoms with Gasteiger partial charge in [0.05, 0.1) is 19.3 Å². The van der Waals surface area contributed by atoms with Crippen LogP contribution in [0.2, 0.25) is 0 Å². The van der Waals surface area contributed by atoms with E-state index >= 15 is 0 Å². The molecular weight excluding hydrogens is 209 g/mol. The molecule has 0 fully saturated rings. The highest BCUT2D eigenvalue weighted by molar-refractivity contribution is 5.46. The average Bonchev–Trinajstić information content (AvgIpc) is 2.25. The molecule has 0 heterocycles. The van der Waals surface area contributed by atoms with E-state index in [9.17, 15) is 4.39 Å². The molecule has 0 spiro atoms. The summed E-state index contributed by atoms with van der Waals surface area (Å²) in [6, 6.07) is 4.62. The van der Waals surface area contributed by atoms with Crippen LogP contribution in [0.5, 0.6) is 0 Å². The molecule has 2 N–H and O–H groups in total. The predicted molar refractivity (Wildman–Crippen MR) is 61.6 cm³/mol. The topological polar surface area (TPSA) is 44.5 Å². The van der Waals surface area contributed by atoms with Gasteiger partial charge in [0.1, 0.15) is 5.82 Å². The number of hydrogen-bond donors (Lipinski definition) is 1.